The molecule has 1 saturated carbocycles. The van der Waals surface area contributed by atoms with Gasteiger partial charge in [0, 0.05) is 0 Å². The summed E-state index contributed by atoms with van der Waals surface area (Å²) >= 11 is 0. The van der Waals surface area contributed by atoms with Crippen LogP contribution in [0.3, 0.4) is 0 Å². The normalized spacial score (nSPS) is 42.6. The first-order chi connectivity index (χ1) is 5.47. The third kappa shape index (κ3) is 1.47. The molecular weight excluding hydrogens is 152 g/mol. The van der Waals surface area contributed by atoms with Crippen molar-refractivity contribution in [3.05, 3.63) is 0 Å². The topological polar surface area (TPSA) is 37.3 Å². The van der Waals surface area contributed by atoms with Gasteiger partial charge in [-0.25, -0.2) is 0 Å². The number of hydrogen-bond acceptors (Lipinski definition) is 1. The van der Waals surface area contributed by atoms with Crippen molar-refractivity contribution in [2.75, 3.05) is 0 Å². The van der Waals surface area contributed by atoms with Gasteiger partial charge in [0.25, 0.3) is 0 Å². The number of carboxylic acid groups (broad SMARTS) is 1. The van der Waals surface area contributed by atoms with Crippen LogP contribution in [-0.2, 0) is 4.79 Å². The van der Waals surface area contributed by atoms with Crippen LogP contribution in [0, 0.1) is 17.3 Å². The predicted molar refractivity (Wildman–Crippen MR) is 47.9 cm³/mol. The van der Waals surface area contributed by atoms with E-state index in [1.165, 1.54) is 0 Å². The monoisotopic (exact) mass is 170 g/mol. The van der Waals surface area contributed by atoms with Crippen molar-refractivity contribution in [1.82, 2.24) is 0 Å². The highest BCUT2D eigenvalue weighted by atomic mass is 16.4. The Morgan fingerprint density at radius 2 is 2.08 bits per heavy atom. The number of hydrogen-bond donors (Lipinski definition) is 1. The van der Waals surface area contributed by atoms with E-state index >= 15 is 0 Å². The van der Waals surface area contributed by atoms with Crippen molar-refractivity contribution in [3.63, 3.8) is 0 Å². The van der Waals surface area contributed by atoms with Gasteiger partial charge in [-0.05, 0) is 38.0 Å². The van der Waals surface area contributed by atoms with E-state index in [0.717, 1.165) is 19.3 Å². The van der Waals surface area contributed by atoms with Gasteiger partial charge >= 0.3 is 5.97 Å². The fourth-order valence-corrected chi connectivity index (χ4v) is 2.09. The molecule has 0 bridgehead atoms. The Bertz CT molecular complexity index is 188. The number of carboxylic acids is 1. The second-order valence-corrected chi connectivity index (χ2v) is 4.50. The molecule has 1 N–H and O–H groups in total. The van der Waals surface area contributed by atoms with Crippen molar-refractivity contribution in [2.45, 2.75) is 40.0 Å². The number of rotatable bonds is 1. The second-order valence-electron chi connectivity index (χ2n) is 4.50. The van der Waals surface area contributed by atoms with Gasteiger partial charge in [0.15, 0.2) is 0 Å². The summed E-state index contributed by atoms with van der Waals surface area (Å²) in [6.45, 7) is 6.15. The zero-order valence-electron chi connectivity index (χ0n) is 8.13. The van der Waals surface area contributed by atoms with Gasteiger partial charge < -0.3 is 5.11 Å². The summed E-state index contributed by atoms with van der Waals surface area (Å²) in [6.07, 6.45) is 2.96. The van der Waals surface area contributed by atoms with E-state index in [4.69, 9.17) is 5.11 Å². The lowest BCUT2D eigenvalue weighted by molar-refractivity contribution is -0.153. The van der Waals surface area contributed by atoms with Crippen molar-refractivity contribution in [2.24, 2.45) is 17.3 Å². The lowest BCUT2D eigenvalue weighted by Gasteiger charge is -2.38. The third-order valence-electron chi connectivity index (χ3n) is 3.49. The molecule has 70 valence electrons. The van der Waals surface area contributed by atoms with Crippen molar-refractivity contribution < 1.29 is 9.90 Å². The maximum Gasteiger partial charge on any atom is 0.309 e. The smallest absolute Gasteiger partial charge is 0.309 e. The number of aliphatic carboxylic acids is 1. The molecule has 0 aromatic rings. The molecule has 2 heteroatoms. The van der Waals surface area contributed by atoms with E-state index < -0.39 is 11.4 Å². The molecule has 0 spiro atoms. The molecule has 2 nitrogen and oxygen atoms in total. The lowest BCUT2D eigenvalue weighted by Crippen LogP contribution is -2.38. The molecule has 1 rings (SSSR count). The molecule has 0 radical (unpaired) electrons. The van der Waals surface area contributed by atoms with Gasteiger partial charge in [0.2, 0.25) is 0 Å². The molecule has 1 aliphatic carbocycles. The van der Waals surface area contributed by atoms with Crippen LogP contribution in [0.15, 0.2) is 0 Å². The fraction of sp³-hybridized carbons (Fsp3) is 0.900. The Morgan fingerprint density at radius 3 is 2.50 bits per heavy atom. The minimum absolute atomic E-state index is 0.318. The summed E-state index contributed by atoms with van der Waals surface area (Å²) in [4.78, 5) is 11.0. The van der Waals surface area contributed by atoms with Crippen LogP contribution in [0.1, 0.15) is 40.0 Å². The van der Waals surface area contributed by atoms with Crippen LogP contribution in [-0.4, -0.2) is 11.1 Å². The van der Waals surface area contributed by atoms with Crippen molar-refractivity contribution >= 4 is 5.97 Å². The molecule has 0 amide bonds. The van der Waals surface area contributed by atoms with Crippen LogP contribution in [0.2, 0.25) is 0 Å². The van der Waals surface area contributed by atoms with Crippen LogP contribution in [0.5, 0.6) is 0 Å². The summed E-state index contributed by atoms with van der Waals surface area (Å²) in [5, 5.41) is 9.05. The molecular formula is C10H18O2. The minimum Gasteiger partial charge on any atom is -0.481 e. The second kappa shape index (κ2) is 3.08. The Morgan fingerprint density at radius 1 is 1.50 bits per heavy atom. The predicted octanol–water partition coefficient (Wildman–Crippen LogP) is 2.53. The quantitative estimate of drug-likeness (QED) is 0.656. The van der Waals surface area contributed by atoms with Crippen LogP contribution in [0.25, 0.3) is 0 Å². The van der Waals surface area contributed by atoms with Gasteiger partial charge in [-0.2, -0.15) is 0 Å². The van der Waals surface area contributed by atoms with Gasteiger partial charge in [-0.15, -0.1) is 0 Å². The summed E-state index contributed by atoms with van der Waals surface area (Å²) in [7, 11) is 0. The SMILES string of the molecule is CC1C[C@@H](C)CC[C@]1(C)C(=O)O. The molecule has 0 heterocycles. The highest BCUT2D eigenvalue weighted by Crippen LogP contribution is 2.43. The average molecular weight is 170 g/mol. The zero-order valence-corrected chi connectivity index (χ0v) is 8.13. The highest BCUT2D eigenvalue weighted by Gasteiger charge is 2.42. The molecule has 3 atom stereocenters. The van der Waals surface area contributed by atoms with Gasteiger partial charge in [0.1, 0.15) is 0 Å². The first-order valence-corrected chi connectivity index (χ1v) is 4.70. The summed E-state index contributed by atoms with van der Waals surface area (Å²) < 4.78 is 0. The van der Waals surface area contributed by atoms with E-state index in [2.05, 4.69) is 13.8 Å². The van der Waals surface area contributed by atoms with Crippen molar-refractivity contribution in [1.29, 1.82) is 0 Å². The zero-order chi connectivity index (χ0) is 9.35. The molecule has 1 aliphatic rings. The molecule has 0 aliphatic heterocycles. The molecule has 1 unspecified atom stereocenters. The Kier molecular flexibility index (Phi) is 2.45. The van der Waals surface area contributed by atoms with E-state index in [0.29, 0.717) is 11.8 Å². The van der Waals surface area contributed by atoms with Gasteiger partial charge in [-0.3, -0.25) is 4.79 Å². The summed E-state index contributed by atoms with van der Waals surface area (Å²) in [6, 6.07) is 0. The first-order valence-electron chi connectivity index (χ1n) is 4.70. The third-order valence-corrected chi connectivity index (χ3v) is 3.49. The molecule has 0 saturated heterocycles. The minimum atomic E-state index is -0.623. The maximum atomic E-state index is 11.0. The van der Waals surface area contributed by atoms with Crippen LogP contribution < -0.4 is 0 Å². The average Bonchev–Trinajstić information content (AvgIpc) is 1.97. The van der Waals surface area contributed by atoms with Crippen LogP contribution >= 0.6 is 0 Å². The van der Waals surface area contributed by atoms with E-state index in [1.807, 2.05) is 6.92 Å². The summed E-state index contributed by atoms with van der Waals surface area (Å²) in [5.41, 5.74) is -0.466. The molecule has 1 fully saturated rings. The molecule has 12 heavy (non-hydrogen) atoms. The lowest BCUT2D eigenvalue weighted by atomic mass is 9.65. The largest absolute Gasteiger partial charge is 0.481 e. The van der Waals surface area contributed by atoms with E-state index in [1.54, 1.807) is 0 Å². The van der Waals surface area contributed by atoms with E-state index in [9.17, 15) is 4.79 Å². The first kappa shape index (κ1) is 9.56. The fourth-order valence-electron chi connectivity index (χ4n) is 2.09. The Hall–Kier alpha value is -0.530. The summed E-state index contributed by atoms with van der Waals surface area (Å²) in [5.74, 6) is 0.396. The van der Waals surface area contributed by atoms with E-state index in [-0.39, 0.29) is 0 Å². The maximum absolute atomic E-state index is 11.0. The van der Waals surface area contributed by atoms with Gasteiger partial charge in [0.05, 0.1) is 5.41 Å². The molecule has 0 aromatic carbocycles. The number of carbonyl (C=O) groups is 1. The Balaban J connectivity index is 2.72. The van der Waals surface area contributed by atoms with Crippen LogP contribution in [0.4, 0.5) is 0 Å². The van der Waals surface area contributed by atoms with Gasteiger partial charge in [-0.1, -0.05) is 13.8 Å². The standard InChI is InChI=1S/C10H18O2/c1-7-4-5-10(3,9(11)12)8(2)6-7/h7-8H,4-6H2,1-3H3,(H,11,12)/t7-,8?,10-/m0/s1. The molecule has 0 aromatic heterocycles. The highest BCUT2D eigenvalue weighted by molar-refractivity contribution is 5.74. The Labute approximate surface area is 74.0 Å². The van der Waals surface area contributed by atoms with Crippen molar-refractivity contribution in [3.8, 4) is 0 Å².